The van der Waals surface area contributed by atoms with Gasteiger partial charge >= 0.3 is 6.03 Å². The quantitative estimate of drug-likeness (QED) is 0.694. The van der Waals surface area contributed by atoms with Gasteiger partial charge in [0.15, 0.2) is 0 Å². The van der Waals surface area contributed by atoms with Gasteiger partial charge in [-0.05, 0) is 30.5 Å². The van der Waals surface area contributed by atoms with Crippen LogP contribution < -0.4 is 10.7 Å². The van der Waals surface area contributed by atoms with Gasteiger partial charge < -0.3 is 10.1 Å². The summed E-state index contributed by atoms with van der Waals surface area (Å²) in [5, 5.41) is 4.34. The average molecular weight is 435 g/mol. The molecule has 1 aromatic carbocycles. The second kappa shape index (κ2) is 8.91. The van der Waals surface area contributed by atoms with Gasteiger partial charge in [0.1, 0.15) is 5.54 Å². The maximum absolute atomic E-state index is 12.7. The lowest BCUT2D eigenvalue weighted by atomic mass is 9.82. The number of carbonyl (C=O) groups excluding carboxylic acids is 3. The van der Waals surface area contributed by atoms with Crippen LogP contribution in [0.25, 0.3) is 0 Å². The number of morpholine rings is 1. The summed E-state index contributed by atoms with van der Waals surface area (Å²) in [6.07, 6.45) is 4.24. The van der Waals surface area contributed by atoms with Crippen molar-refractivity contribution in [2.24, 2.45) is 0 Å². The van der Waals surface area contributed by atoms with Crippen LogP contribution >= 0.6 is 11.6 Å². The van der Waals surface area contributed by atoms with Crippen molar-refractivity contribution in [3.8, 4) is 0 Å². The zero-order valence-corrected chi connectivity index (χ0v) is 17.6. The van der Waals surface area contributed by atoms with Crippen LogP contribution in [-0.2, 0) is 14.3 Å². The first kappa shape index (κ1) is 21.1. The molecule has 0 unspecified atom stereocenters. The zero-order chi connectivity index (χ0) is 21.1. The molecular formula is C21H27ClN4O4. The highest BCUT2D eigenvalue weighted by Gasteiger charge is 2.52. The molecule has 4 amide bonds. The fourth-order valence-corrected chi connectivity index (χ4v) is 4.57. The summed E-state index contributed by atoms with van der Waals surface area (Å²) in [6, 6.07) is 7.03. The summed E-state index contributed by atoms with van der Waals surface area (Å²) < 4.78 is 5.85. The van der Waals surface area contributed by atoms with Crippen LogP contribution in [0.4, 0.5) is 4.79 Å². The van der Waals surface area contributed by atoms with E-state index in [0.29, 0.717) is 37.6 Å². The van der Waals surface area contributed by atoms with Crippen molar-refractivity contribution in [3.63, 3.8) is 0 Å². The lowest BCUT2D eigenvalue weighted by Gasteiger charge is -2.33. The van der Waals surface area contributed by atoms with Gasteiger partial charge in [-0.25, -0.2) is 4.79 Å². The number of rotatable bonds is 5. The lowest BCUT2D eigenvalue weighted by Crippen LogP contribution is -2.51. The number of amides is 4. The Morgan fingerprint density at radius 3 is 2.67 bits per heavy atom. The van der Waals surface area contributed by atoms with E-state index in [2.05, 4.69) is 15.6 Å². The van der Waals surface area contributed by atoms with Gasteiger partial charge in [-0.3, -0.25) is 19.9 Å². The topological polar surface area (TPSA) is 91.0 Å². The molecule has 2 heterocycles. The van der Waals surface area contributed by atoms with Crippen LogP contribution in [0.3, 0.4) is 0 Å². The first-order valence-corrected chi connectivity index (χ1v) is 10.9. The van der Waals surface area contributed by atoms with Gasteiger partial charge in [0, 0.05) is 31.1 Å². The molecule has 4 rings (SSSR count). The van der Waals surface area contributed by atoms with Crippen LogP contribution in [0.5, 0.6) is 0 Å². The predicted octanol–water partition coefficient (Wildman–Crippen LogP) is 2.39. The zero-order valence-electron chi connectivity index (χ0n) is 16.9. The molecule has 9 heteroatoms. The molecule has 3 aliphatic rings. The minimum atomic E-state index is -0.835. The molecule has 1 aromatic rings. The number of halogens is 1. The second-order valence-corrected chi connectivity index (χ2v) is 8.65. The number of benzene rings is 1. The molecule has 30 heavy (non-hydrogen) atoms. The molecule has 0 radical (unpaired) electrons. The van der Waals surface area contributed by atoms with E-state index in [1.165, 1.54) is 0 Å². The predicted molar refractivity (Wildman–Crippen MR) is 111 cm³/mol. The van der Waals surface area contributed by atoms with E-state index in [4.69, 9.17) is 16.3 Å². The first-order valence-electron chi connectivity index (χ1n) is 10.5. The Morgan fingerprint density at radius 2 is 1.93 bits per heavy atom. The van der Waals surface area contributed by atoms with Crippen LogP contribution in [0.1, 0.15) is 50.2 Å². The van der Waals surface area contributed by atoms with E-state index in [1.807, 2.05) is 24.3 Å². The smallest absolute Gasteiger partial charge is 0.344 e. The molecular weight excluding hydrogens is 408 g/mol. The third-order valence-electron chi connectivity index (χ3n) is 6.15. The number of ether oxygens (including phenoxy) is 1. The lowest BCUT2D eigenvalue weighted by molar-refractivity contribution is -0.140. The maximum Gasteiger partial charge on any atom is 0.344 e. The largest absolute Gasteiger partial charge is 0.371 e. The van der Waals surface area contributed by atoms with Crippen molar-refractivity contribution in [2.75, 3.05) is 26.2 Å². The molecule has 162 valence electrons. The molecule has 2 saturated heterocycles. The Labute approximate surface area is 180 Å². The Kier molecular flexibility index (Phi) is 6.26. The highest BCUT2D eigenvalue weighted by atomic mass is 35.5. The van der Waals surface area contributed by atoms with Crippen LogP contribution in [0.2, 0.25) is 5.02 Å². The molecule has 1 saturated carbocycles. The first-order chi connectivity index (χ1) is 14.5. The van der Waals surface area contributed by atoms with Crippen molar-refractivity contribution in [2.45, 2.75) is 50.2 Å². The normalized spacial score (nSPS) is 24.2. The number of nitrogens with one attached hydrogen (secondary N) is 2. The van der Waals surface area contributed by atoms with E-state index in [9.17, 15) is 14.4 Å². The average Bonchev–Trinajstić information content (AvgIpc) is 2.97. The Morgan fingerprint density at radius 1 is 1.20 bits per heavy atom. The molecule has 0 aromatic heterocycles. The number of hydrazine groups is 1. The van der Waals surface area contributed by atoms with Gasteiger partial charge in [0.05, 0.1) is 12.7 Å². The molecule has 1 aliphatic carbocycles. The molecule has 1 atom stereocenters. The van der Waals surface area contributed by atoms with Crippen molar-refractivity contribution < 1.29 is 19.1 Å². The van der Waals surface area contributed by atoms with E-state index in [0.717, 1.165) is 36.4 Å². The summed E-state index contributed by atoms with van der Waals surface area (Å²) >= 11 is 5.95. The van der Waals surface area contributed by atoms with Crippen LogP contribution in [-0.4, -0.2) is 59.5 Å². The van der Waals surface area contributed by atoms with Gasteiger partial charge in [0.2, 0.25) is 5.91 Å². The standard InChI is InChI=1S/C21H27ClN4O4/c22-16-6-4-15(5-7-16)17-14-25(12-13-30-17)11-8-18(27)24-26-19(28)21(23-20(26)29)9-2-1-3-10-21/h4-7,17H,1-3,8-14H2,(H,23,29)(H,24,27)/t17-/m0/s1. The summed E-state index contributed by atoms with van der Waals surface area (Å²) in [6.45, 7) is 2.49. The van der Waals surface area contributed by atoms with Crippen molar-refractivity contribution in [1.29, 1.82) is 0 Å². The molecule has 2 N–H and O–H groups in total. The fourth-order valence-electron chi connectivity index (χ4n) is 4.44. The number of nitrogens with zero attached hydrogens (tertiary/aromatic N) is 2. The number of urea groups is 1. The molecule has 3 fully saturated rings. The van der Waals surface area contributed by atoms with E-state index >= 15 is 0 Å². The van der Waals surface area contributed by atoms with Gasteiger partial charge in [0.25, 0.3) is 5.91 Å². The fraction of sp³-hybridized carbons (Fsp3) is 0.571. The van der Waals surface area contributed by atoms with Gasteiger partial charge in [-0.15, -0.1) is 0 Å². The third-order valence-corrected chi connectivity index (χ3v) is 6.40. The van der Waals surface area contributed by atoms with E-state index < -0.39 is 11.6 Å². The molecule has 2 aliphatic heterocycles. The summed E-state index contributed by atoms with van der Waals surface area (Å²) in [5.74, 6) is -0.685. The SMILES string of the molecule is O=C(CCN1CCO[C@H](c2ccc(Cl)cc2)C1)NN1C(=O)NC2(CCCCC2)C1=O. The van der Waals surface area contributed by atoms with E-state index in [-0.39, 0.29) is 24.3 Å². The molecule has 0 bridgehead atoms. The minimum Gasteiger partial charge on any atom is -0.371 e. The Balaban J connectivity index is 1.28. The van der Waals surface area contributed by atoms with Crippen LogP contribution in [0.15, 0.2) is 24.3 Å². The van der Waals surface area contributed by atoms with Crippen molar-refractivity contribution in [3.05, 3.63) is 34.9 Å². The van der Waals surface area contributed by atoms with Crippen molar-refractivity contribution in [1.82, 2.24) is 20.7 Å². The van der Waals surface area contributed by atoms with Gasteiger partial charge in [-0.1, -0.05) is 43.0 Å². The summed E-state index contributed by atoms with van der Waals surface area (Å²) in [4.78, 5) is 39.6. The number of hydrogen-bond donors (Lipinski definition) is 2. The van der Waals surface area contributed by atoms with Crippen LogP contribution in [0, 0.1) is 0 Å². The summed E-state index contributed by atoms with van der Waals surface area (Å²) in [5.41, 5.74) is 2.71. The number of hydrogen-bond acceptors (Lipinski definition) is 5. The monoisotopic (exact) mass is 434 g/mol. The third kappa shape index (κ3) is 4.45. The Bertz CT molecular complexity index is 810. The summed E-state index contributed by atoms with van der Waals surface area (Å²) in [7, 11) is 0. The van der Waals surface area contributed by atoms with Gasteiger partial charge in [-0.2, -0.15) is 5.01 Å². The minimum absolute atomic E-state index is 0.0730. The van der Waals surface area contributed by atoms with Crippen molar-refractivity contribution >= 4 is 29.4 Å². The second-order valence-electron chi connectivity index (χ2n) is 8.21. The highest BCUT2D eigenvalue weighted by molar-refractivity contribution is 6.30. The maximum atomic E-state index is 12.7. The Hall–Kier alpha value is -2.16. The van der Waals surface area contributed by atoms with E-state index in [1.54, 1.807) is 0 Å². The molecule has 1 spiro atoms. The number of carbonyl (C=O) groups is 3. The highest BCUT2D eigenvalue weighted by Crippen LogP contribution is 2.33. The number of imide groups is 1. The molecule has 8 nitrogen and oxygen atoms in total.